The lowest BCUT2D eigenvalue weighted by Gasteiger charge is -2.33. The lowest BCUT2D eigenvalue weighted by molar-refractivity contribution is -0.123. The fourth-order valence-electron chi connectivity index (χ4n) is 4.21. The number of anilines is 1. The van der Waals surface area contributed by atoms with Gasteiger partial charge in [0.25, 0.3) is 0 Å². The summed E-state index contributed by atoms with van der Waals surface area (Å²) in [6.07, 6.45) is 4.17. The minimum Gasteiger partial charge on any atom is -0.492 e. The molecule has 1 unspecified atom stereocenters. The smallest absolute Gasteiger partial charge is 0.232 e. The van der Waals surface area contributed by atoms with Crippen molar-refractivity contribution < 1.29 is 22.7 Å². The summed E-state index contributed by atoms with van der Waals surface area (Å²) in [5.41, 5.74) is 0.765. The van der Waals surface area contributed by atoms with Crippen LogP contribution < -0.4 is 9.64 Å². The number of benzene rings is 1. The molecule has 2 aromatic rings. The number of piperidine rings is 1. The molecule has 0 radical (unpaired) electrons. The van der Waals surface area contributed by atoms with E-state index in [2.05, 4.69) is 0 Å². The molecule has 2 aliphatic rings. The van der Waals surface area contributed by atoms with Gasteiger partial charge in [-0.1, -0.05) is 17.4 Å². The Balaban J connectivity index is 1.59. The fraction of sp³-hybridized carbons (Fsp3) is 0.619. The SMILES string of the molecule is CCOc1cccc2sc(N(CC3CCCO3)C(=O)C3CCN(S(C)(=O)=O)CC3)nc12. The molecule has 2 saturated heterocycles. The molecule has 0 bridgehead atoms. The first-order valence-electron chi connectivity index (χ1n) is 10.8. The first-order valence-corrected chi connectivity index (χ1v) is 13.4. The number of carbonyl (C=O) groups is 1. The molecule has 0 N–H and O–H groups in total. The average molecular weight is 468 g/mol. The van der Waals surface area contributed by atoms with Crippen molar-refractivity contribution in [2.45, 2.75) is 38.7 Å². The van der Waals surface area contributed by atoms with E-state index >= 15 is 0 Å². The molecule has 2 fully saturated rings. The Morgan fingerprint density at radius 2 is 2.10 bits per heavy atom. The minimum atomic E-state index is -3.23. The van der Waals surface area contributed by atoms with Crippen molar-refractivity contribution in [3.8, 4) is 5.75 Å². The molecule has 1 atom stereocenters. The number of para-hydroxylation sites is 1. The van der Waals surface area contributed by atoms with Crippen LogP contribution in [-0.2, 0) is 19.6 Å². The van der Waals surface area contributed by atoms with Gasteiger partial charge in [-0.25, -0.2) is 17.7 Å². The van der Waals surface area contributed by atoms with Crippen molar-refractivity contribution in [2.24, 2.45) is 5.92 Å². The molecular weight excluding hydrogens is 438 g/mol. The van der Waals surface area contributed by atoms with Gasteiger partial charge >= 0.3 is 0 Å². The normalized spacial score (nSPS) is 20.9. The van der Waals surface area contributed by atoms with E-state index in [9.17, 15) is 13.2 Å². The summed E-state index contributed by atoms with van der Waals surface area (Å²) in [7, 11) is -3.23. The van der Waals surface area contributed by atoms with E-state index in [-0.39, 0.29) is 17.9 Å². The van der Waals surface area contributed by atoms with Crippen molar-refractivity contribution in [3.05, 3.63) is 18.2 Å². The highest BCUT2D eigenvalue weighted by Crippen LogP contribution is 2.36. The van der Waals surface area contributed by atoms with Gasteiger partial charge in [0.1, 0.15) is 11.3 Å². The molecule has 170 valence electrons. The lowest BCUT2D eigenvalue weighted by Crippen LogP contribution is -2.46. The molecule has 10 heteroatoms. The number of amides is 1. The first kappa shape index (κ1) is 22.4. The van der Waals surface area contributed by atoms with Crippen LogP contribution in [0.4, 0.5) is 5.13 Å². The summed E-state index contributed by atoms with van der Waals surface area (Å²) in [5, 5.41) is 0.646. The molecule has 1 aromatic carbocycles. The number of carbonyl (C=O) groups excluding carboxylic acids is 1. The maximum Gasteiger partial charge on any atom is 0.232 e. The molecule has 0 spiro atoms. The van der Waals surface area contributed by atoms with E-state index < -0.39 is 10.0 Å². The standard InChI is InChI=1S/C21H29N3O5S2/c1-3-28-17-7-4-8-18-19(17)22-21(30-18)24(14-16-6-5-13-29-16)20(25)15-9-11-23(12-10-15)31(2,26)27/h4,7-8,15-16H,3,5-6,9-14H2,1-2H3. The fourth-order valence-corrected chi connectivity index (χ4v) is 6.08. The van der Waals surface area contributed by atoms with E-state index in [0.29, 0.717) is 56.6 Å². The molecular formula is C21H29N3O5S2. The van der Waals surface area contributed by atoms with E-state index in [1.165, 1.54) is 21.9 Å². The molecule has 2 aliphatic heterocycles. The molecule has 0 saturated carbocycles. The Hall–Kier alpha value is -1.75. The Bertz CT molecular complexity index is 1020. The lowest BCUT2D eigenvalue weighted by atomic mass is 9.96. The monoisotopic (exact) mass is 467 g/mol. The van der Waals surface area contributed by atoms with E-state index in [4.69, 9.17) is 14.5 Å². The Labute approximate surface area is 187 Å². The number of fused-ring (bicyclic) bond motifs is 1. The Morgan fingerprint density at radius 1 is 1.32 bits per heavy atom. The molecule has 3 heterocycles. The van der Waals surface area contributed by atoms with E-state index in [0.717, 1.165) is 23.1 Å². The number of rotatable bonds is 7. The van der Waals surface area contributed by atoms with Crippen LogP contribution in [0, 0.1) is 5.92 Å². The van der Waals surface area contributed by atoms with Crippen LogP contribution in [0.15, 0.2) is 18.2 Å². The molecule has 8 nitrogen and oxygen atoms in total. The number of aromatic nitrogens is 1. The van der Waals surface area contributed by atoms with Crippen LogP contribution in [0.2, 0.25) is 0 Å². The average Bonchev–Trinajstić information content (AvgIpc) is 3.41. The molecule has 0 aliphatic carbocycles. The summed E-state index contributed by atoms with van der Waals surface area (Å²) in [6, 6.07) is 5.81. The first-order chi connectivity index (χ1) is 14.9. The molecule has 1 amide bonds. The van der Waals surface area contributed by atoms with Crippen LogP contribution in [0.3, 0.4) is 0 Å². The summed E-state index contributed by atoms with van der Waals surface area (Å²) in [4.78, 5) is 20.1. The Morgan fingerprint density at radius 3 is 2.74 bits per heavy atom. The second-order valence-electron chi connectivity index (χ2n) is 8.05. The second-order valence-corrected chi connectivity index (χ2v) is 11.0. The maximum absolute atomic E-state index is 13.6. The highest BCUT2D eigenvalue weighted by molar-refractivity contribution is 7.88. The largest absolute Gasteiger partial charge is 0.492 e. The molecule has 31 heavy (non-hydrogen) atoms. The minimum absolute atomic E-state index is 0.000618. The highest BCUT2D eigenvalue weighted by atomic mass is 32.2. The van der Waals surface area contributed by atoms with Crippen molar-refractivity contribution in [2.75, 3.05) is 44.0 Å². The number of hydrogen-bond acceptors (Lipinski definition) is 7. The maximum atomic E-state index is 13.6. The zero-order valence-corrected chi connectivity index (χ0v) is 19.6. The van der Waals surface area contributed by atoms with Crippen molar-refractivity contribution in [3.63, 3.8) is 0 Å². The zero-order chi connectivity index (χ0) is 22.0. The van der Waals surface area contributed by atoms with Gasteiger partial charge in [-0.2, -0.15) is 0 Å². The summed E-state index contributed by atoms with van der Waals surface area (Å²) < 4.78 is 37.6. The van der Waals surface area contributed by atoms with Crippen LogP contribution in [-0.4, -0.2) is 68.8 Å². The molecule has 4 rings (SSSR count). The van der Waals surface area contributed by atoms with Gasteiger partial charge in [0.15, 0.2) is 5.13 Å². The van der Waals surface area contributed by atoms with Crippen molar-refractivity contribution in [1.82, 2.24) is 9.29 Å². The van der Waals surface area contributed by atoms with Gasteiger partial charge in [-0.3, -0.25) is 9.69 Å². The van der Waals surface area contributed by atoms with Crippen LogP contribution >= 0.6 is 11.3 Å². The van der Waals surface area contributed by atoms with Gasteiger partial charge in [-0.15, -0.1) is 0 Å². The van der Waals surface area contributed by atoms with Gasteiger partial charge in [0.2, 0.25) is 15.9 Å². The predicted molar refractivity (Wildman–Crippen MR) is 121 cm³/mol. The third-order valence-corrected chi connectivity index (χ3v) is 8.20. The van der Waals surface area contributed by atoms with Gasteiger partial charge in [0.05, 0.1) is 30.2 Å². The van der Waals surface area contributed by atoms with Crippen molar-refractivity contribution in [1.29, 1.82) is 0 Å². The van der Waals surface area contributed by atoms with Crippen molar-refractivity contribution >= 4 is 42.6 Å². The Kier molecular flexibility index (Phi) is 6.80. The number of ether oxygens (including phenoxy) is 2. The van der Waals surface area contributed by atoms with Crippen LogP contribution in [0.5, 0.6) is 5.75 Å². The summed E-state index contributed by atoms with van der Waals surface area (Å²) >= 11 is 1.48. The van der Waals surface area contributed by atoms with E-state index in [1.54, 1.807) is 4.90 Å². The third-order valence-electron chi connectivity index (χ3n) is 5.85. The van der Waals surface area contributed by atoms with E-state index in [1.807, 2.05) is 25.1 Å². The highest BCUT2D eigenvalue weighted by Gasteiger charge is 2.34. The van der Waals surface area contributed by atoms with Gasteiger partial charge < -0.3 is 9.47 Å². The second kappa shape index (κ2) is 9.40. The zero-order valence-electron chi connectivity index (χ0n) is 18.0. The number of hydrogen-bond donors (Lipinski definition) is 0. The van der Waals surface area contributed by atoms with Gasteiger partial charge in [-0.05, 0) is 44.7 Å². The van der Waals surface area contributed by atoms with Crippen LogP contribution in [0.1, 0.15) is 32.6 Å². The number of nitrogens with zero attached hydrogens (tertiary/aromatic N) is 3. The predicted octanol–water partition coefficient (Wildman–Crippen LogP) is 2.88. The van der Waals surface area contributed by atoms with Gasteiger partial charge in [0, 0.05) is 25.6 Å². The van der Waals surface area contributed by atoms with Crippen LogP contribution in [0.25, 0.3) is 10.2 Å². The number of sulfonamides is 1. The summed E-state index contributed by atoms with van der Waals surface area (Å²) in [5.74, 6) is 0.493. The topological polar surface area (TPSA) is 89.0 Å². The third kappa shape index (κ3) is 5.02. The molecule has 1 aromatic heterocycles. The number of thiazole rings is 1. The quantitative estimate of drug-likeness (QED) is 0.622. The summed E-state index contributed by atoms with van der Waals surface area (Å²) in [6.45, 7) is 4.41.